The molecule has 1 atom stereocenters. The lowest BCUT2D eigenvalue weighted by Gasteiger charge is -2.40. The molecule has 0 bridgehead atoms. The van der Waals surface area contributed by atoms with Crippen molar-refractivity contribution in [1.82, 2.24) is 29.6 Å². The van der Waals surface area contributed by atoms with E-state index in [0.29, 0.717) is 23.0 Å². The minimum atomic E-state index is -0.0931. The number of anilines is 1. The number of carbonyl (C=O) groups excluding carboxylic acids is 1. The highest BCUT2D eigenvalue weighted by molar-refractivity contribution is 6.28. The first kappa shape index (κ1) is 21.3. The zero-order chi connectivity index (χ0) is 22.9. The number of nitrogens with zero attached hydrogens (tertiary/aromatic N) is 7. The van der Waals surface area contributed by atoms with E-state index in [4.69, 9.17) is 4.98 Å². The van der Waals surface area contributed by atoms with Crippen molar-refractivity contribution in [2.45, 2.75) is 51.1 Å². The summed E-state index contributed by atoms with van der Waals surface area (Å²) in [6.07, 6.45) is 10.9. The van der Waals surface area contributed by atoms with Crippen LogP contribution in [0.5, 0.6) is 0 Å². The largest absolute Gasteiger partial charge is 0.383 e. The fourth-order valence-corrected chi connectivity index (χ4v) is 5.00. The van der Waals surface area contributed by atoms with E-state index in [0.717, 1.165) is 36.6 Å². The molecule has 170 valence electrons. The van der Waals surface area contributed by atoms with Crippen molar-refractivity contribution in [2.75, 3.05) is 19.0 Å². The molecule has 33 heavy (non-hydrogen) atoms. The Bertz CT molecular complexity index is 1180. The van der Waals surface area contributed by atoms with Crippen LogP contribution in [-0.4, -0.2) is 55.6 Å². The van der Waals surface area contributed by atoms with Gasteiger partial charge in [-0.3, -0.25) is 9.36 Å². The molecule has 0 radical (unpaired) electrons. The van der Waals surface area contributed by atoms with E-state index in [1.165, 1.54) is 12.8 Å². The second kappa shape index (κ2) is 8.77. The van der Waals surface area contributed by atoms with E-state index in [9.17, 15) is 4.79 Å². The van der Waals surface area contributed by atoms with Crippen molar-refractivity contribution in [3.05, 3.63) is 66.3 Å². The summed E-state index contributed by atoms with van der Waals surface area (Å²) in [5.74, 6) is 2.13. The molecule has 2 aliphatic rings. The number of rotatable bonds is 6. The Morgan fingerprint density at radius 1 is 1.18 bits per heavy atom. The number of benzene rings is 1. The van der Waals surface area contributed by atoms with Crippen LogP contribution >= 0.6 is 0 Å². The minimum absolute atomic E-state index is 0.0931. The normalized spacial score (nSPS) is 18.2. The number of hydrogen-bond acceptors (Lipinski definition) is 7. The third-order valence-corrected chi connectivity index (χ3v) is 6.48. The number of ketones is 1. The molecule has 0 spiro atoms. The van der Waals surface area contributed by atoms with Gasteiger partial charge in [-0.25, -0.2) is 9.97 Å². The number of carbonyl (C=O) groups is 1. The zero-order valence-corrected chi connectivity index (χ0v) is 19.3. The van der Waals surface area contributed by atoms with Gasteiger partial charge in [-0.1, -0.05) is 50.1 Å². The average Bonchev–Trinajstić information content (AvgIpc) is 3.54. The van der Waals surface area contributed by atoms with Crippen LogP contribution in [0.2, 0.25) is 0 Å². The van der Waals surface area contributed by atoms with Gasteiger partial charge >= 0.3 is 0 Å². The lowest BCUT2D eigenvalue weighted by atomic mass is 10.0. The van der Waals surface area contributed by atoms with Gasteiger partial charge in [0.1, 0.15) is 12.0 Å². The second-order valence-corrected chi connectivity index (χ2v) is 8.93. The monoisotopic (exact) mass is 443 g/mol. The van der Waals surface area contributed by atoms with Gasteiger partial charge in [0, 0.05) is 31.9 Å². The third kappa shape index (κ3) is 3.79. The number of aromatic nitrogens is 5. The first-order valence-electron chi connectivity index (χ1n) is 11.6. The number of fused-ring (bicyclic) bond motifs is 3. The van der Waals surface area contributed by atoms with Crippen LogP contribution in [0.1, 0.15) is 67.1 Å². The molecule has 1 fully saturated rings. The maximum absolute atomic E-state index is 13.5. The van der Waals surface area contributed by atoms with Crippen molar-refractivity contribution < 1.29 is 4.79 Å². The maximum atomic E-state index is 13.5. The summed E-state index contributed by atoms with van der Waals surface area (Å²) in [6, 6.07) is 9.79. The van der Waals surface area contributed by atoms with Gasteiger partial charge in [0.05, 0.1) is 17.8 Å². The quantitative estimate of drug-likeness (QED) is 0.420. The Labute approximate surface area is 194 Å². The Morgan fingerprint density at radius 2 is 1.94 bits per heavy atom. The summed E-state index contributed by atoms with van der Waals surface area (Å²) in [7, 11) is 3.80. The van der Waals surface area contributed by atoms with E-state index in [1.54, 1.807) is 18.7 Å². The number of Topliss-reactive ketones (excluding diaryl/α,β-unsaturated/α-hetero) is 1. The highest BCUT2D eigenvalue weighted by Gasteiger charge is 2.38. The van der Waals surface area contributed by atoms with Gasteiger partial charge in [-0.05, 0) is 19.3 Å². The van der Waals surface area contributed by atoms with E-state index < -0.39 is 0 Å². The van der Waals surface area contributed by atoms with Crippen molar-refractivity contribution in [3.8, 4) is 5.69 Å². The van der Waals surface area contributed by atoms with Crippen molar-refractivity contribution in [2.24, 2.45) is 0 Å². The van der Waals surface area contributed by atoms with E-state index >= 15 is 0 Å². The lowest BCUT2D eigenvalue weighted by molar-refractivity contribution is 0.105. The molecule has 8 nitrogen and oxygen atoms in total. The van der Waals surface area contributed by atoms with Gasteiger partial charge in [-0.2, -0.15) is 0 Å². The Hall–Kier alpha value is -3.55. The average molecular weight is 444 g/mol. The van der Waals surface area contributed by atoms with E-state index in [1.807, 2.05) is 53.9 Å². The van der Waals surface area contributed by atoms with Crippen molar-refractivity contribution >= 4 is 17.2 Å². The summed E-state index contributed by atoms with van der Waals surface area (Å²) < 4.78 is 1.99. The van der Waals surface area contributed by atoms with Crippen LogP contribution < -0.4 is 4.90 Å². The molecule has 3 heterocycles. The van der Waals surface area contributed by atoms with Crippen LogP contribution in [-0.2, 0) is 0 Å². The first-order valence-corrected chi connectivity index (χ1v) is 11.6. The molecule has 8 heteroatoms. The Balaban J connectivity index is 1.65. The molecular weight excluding hydrogens is 414 g/mol. The van der Waals surface area contributed by atoms with Crippen LogP contribution in [0.3, 0.4) is 0 Å². The second-order valence-electron chi connectivity index (χ2n) is 8.93. The van der Waals surface area contributed by atoms with Gasteiger partial charge < -0.3 is 9.80 Å². The summed E-state index contributed by atoms with van der Waals surface area (Å²) in [5, 5.41) is 8.62. The Morgan fingerprint density at radius 3 is 2.64 bits per heavy atom. The molecule has 1 aromatic carbocycles. The summed E-state index contributed by atoms with van der Waals surface area (Å²) in [6.45, 7) is 2.18. The molecule has 1 unspecified atom stereocenters. The SMILES string of the molecule is CCC1c2nncn2-c2cnc(C(=CN(C)C)C(=O)c3ccccc3)nc2N1C1CCCC1. The highest BCUT2D eigenvalue weighted by Crippen LogP contribution is 2.42. The predicted molar refractivity (Wildman–Crippen MR) is 127 cm³/mol. The smallest absolute Gasteiger partial charge is 0.198 e. The number of hydrogen-bond donors (Lipinski definition) is 0. The first-order chi connectivity index (χ1) is 16.1. The van der Waals surface area contributed by atoms with Crippen LogP contribution in [0, 0.1) is 0 Å². The van der Waals surface area contributed by atoms with Crippen molar-refractivity contribution in [3.63, 3.8) is 0 Å². The molecule has 3 aromatic rings. The van der Waals surface area contributed by atoms with Crippen molar-refractivity contribution in [1.29, 1.82) is 0 Å². The van der Waals surface area contributed by atoms with Crippen LogP contribution in [0.15, 0.2) is 49.1 Å². The van der Waals surface area contributed by atoms with E-state index in [-0.39, 0.29) is 11.8 Å². The van der Waals surface area contributed by atoms with Gasteiger partial charge in [-0.15, -0.1) is 10.2 Å². The van der Waals surface area contributed by atoms with Gasteiger partial charge in [0.25, 0.3) is 0 Å². The molecule has 0 N–H and O–H groups in total. The van der Waals surface area contributed by atoms with Gasteiger partial charge in [0.15, 0.2) is 23.2 Å². The summed E-state index contributed by atoms with van der Waals surface area (Å²) in [5.41, 5.74) is 1.96. The lowest BCUT2D eigenvalue weighted by Crippen LogP contribution is -2.42. The fraction of sp³-hybridized carbons (Fsp3) is 0.400. The predicted octanol–water partition coefficient (Wildman–Crippen LogP) is 4.06. The highest BCUT2D eigenvalue weighted by atomic mass is 16.1. The summed E-state index contributed by atoms with van der Waals surface area (Å²) >= 11 is 0. The number of allylic oxidation sites excluding steroid dienone is 1. The molecule has 2 aromatic heterocycles. The molecule has 1 aliphatic carbocycles. The van der Waals surface area contributed by atoms with Gasteiger partial charge in [0.2, 0.25) is 0 Å². The standard InChI is InChI=1S/C25H29N7O/c1-4-20-25-29-27-16-31(25)21-14-26-23(28-24(21)32(20)18-12-8-9-13-18)19(15-30(2)3)22(33)17-10-6-5-7-11-17/h5-7,10-11,14-16,18,20H,4,8-9,12-13H2,1-3H3. The minimum Gasteiger partial charge on any atom is -0.383 e. The molecular formula is C25H29N7O. The zero-order valence-electron chi connectivity index (χ0n) is 19.3. The summed E-state index contributed by atoms with van der Waals surface area (Å²) in [4.78, 5) is 27.4. The topological polar surface area (TPSA) is 80.0 Å². The van der Waals surface area contributed by atoms with Crippen LogP contribution in [0.25, 0.3) is 11.3 Å². The molecule has 5 rings (SSSR count). The Kier molecular flexibility index (Phi) is 5.66. The maximum Gasteiger partial charge on any atom is 0.198 e. The molecule has 0 saturated heterocycles. The third-order valence-electron chi connectivity index (χ3n) is 6.48. The fourth-order valence-electron chi connectivity index (χ4n) is 5.00. The molecule has 1 saturated carbocycles. The van der Waals surface area contributed by atoms with E-state index in [2.05, 4.69) is 27.0 Å². The van der Waals surface area contributed by atoms with Crippen LogP contribution in [0.4, 0.5) is 5.82 Å². The molecule has 1 aliphatic heterocycles. The molecule has 0 amide bonds.